The molecule has 2 aromatic heterocycles. The standard InChI is InChI=1S/C29H29F5N6O2S/c1-14-22(5-7-36-14)42-25-18-9-19(29(32,33)34)17(16-3-4-20(31)24-23(16)38-26(35)43-24)10-21(18)37-27(39-25)41-13-28-6-2-8-40(28)12-15(30)11-28/h3-4,9-10,14-15,22,36H,2,5-8,11-13H2,1H3,(H2,35,38)/t14-,15-,22-,28+/m1/s1. The van der Waals surface area contributed by atoms with Gasteiger partial charge in [-0.25, -0.2) is 13.8 Å². The van der Waals surface area contributed by atoms with Crippen molar-refractivity contribution in [3.8, 4) is 23.0 Å². The van der Waals surface area contributed by atoms with Gasteiger partial charge < -0.3 is 20.5 Å². The minimum Gasteiger partial charge on any atom is -0.472 e. The Kier molecular flexibility index (Phi) is 6.86. The van der Waals surface area contributed by atoms with Crippen molar-refractivity contribution in [2.75, 3.05) is 32.0 Å². The van der Waals surface area contributed by atoms with Gasteiger partial charge in [0, 0.05) is 24.6 Å². The Hall–Kier alpha value is -3.36. The van der Waals surface area contributed by atoms with Crippen LogP contribution in [0.25, 0.3) is 32.2 Å². The molecule has 0 spiro atoms. The molecule has 0 unspecified atom stereocenters. The van der Waals surface area contributed by atoms with E-state index in [9.17, 15) is 22.0 Å². The van der Waals surface area contributed by atoms with E-state index in [1.807, 2.05) is 6.92 Å². The minimum atomic E-state index is -4.78. The van der Waals surface area contributed by atoms with Gasteiger partial charge in [-0.3, -0.25) is 4.90 Å². The van der Waals surface area contributed by atoms with Crippen LogP contribution in [0.15, 0.2) is 24.3 Å². The molecule has 0 aliphatic carbocycles. The average molecular weight is 621 g/mol. The van der Waals surface area contributed by atoms with E-state index < -0.39 is 29.3 Å². The van der Waals surface area contributed by atoms with E-state index in [4.69, 9.17) is 15.2 Å². The smallest absolute Gasteiger partial charge is 0.417 e. The highest BCUT2D eigenvalue weighted by Crippen LogP contribution is 2.45. The van der Waals surface area contributed by atoms with Crippen molar-refractivity contribution in [2.24, 2.45) is 0 Å². The number of nitrogens with two attached hydrogens (primary N) is 1. The fourth-order valence-electron chi connectivity index (χ4n) is 6.74. The molecule has 3 saturated heterocycles. The monoisotopic (exact) mass is 620 g/mol. The number of nitrogens with one attached hydrogen (secondary N) is 1. The number of alkyl halides is 4. The zero-order chi connectivity index (χ0) is 30.1. The zero-order valence-corrected chi connectivity index (χ0v) is 24.0. The number of benzene rings is 2. The van der Waals surface area contributed by atoms with Crippen molar-refractivity contribution in [1.82, 2.24) is 25.2 Å². The molecule has 228 valence electrons. The predicted molar refractivity (Wildman–Crippen MR) is 153 cm³/mol. The number of hydrogen-bond acceptors (Lipinski definition) is 9. The number of nitrogen functional groups attached to an aromatic ring is 1. The van der Waals surface area contributed by atoms with Crippen LogP contribution in [0.2, 0.25) is 0 Å². The number of rotatable bonds is 6. The molecule has 2 aromatic carbocycles. The van der Waals surface area contributed by atoms with Crippen LogP contribution < -0.4 is 20.5 Å². The fraction of sp³-hybridized carbons (Fsp3) is 0.483. The number of ether oxygens (including phenoxy) is 2. The highest BCUT2D eigenvalue weighted by Gasteiger charge is 2.49. The van der Waals surface area contributed by atoms with Crippen LogP contribution in [0.5, 0.6) is 11.9 Å². The van der Waals surface area contributed by atoms with Gasteiger partial charge in [0.25, 0.3) is 0 Å². The van der Waals surface area contributed by atoms with Crippen LogP contribution in [0.3, 0.4) is 0 Å². The Morgan fingerprint density at radius 1 is 1.19 bits per heavy atom. The number of hydrogen-bond donors (Lipinski definition) is 2. The van der Waals surface area contributed by atoms with Gasteiger partial charge in [0.15, 0.2) is 5.13 Å². The van der Waals surface area contributed by atoms with Crippen LogP contribution in [0.1, 0.15) is 38.2 Å². The van der Waals surface area contributed by atoms with Crippen LogP contribution in [0, 0.1) is 5.82 Å². The van der Waals surface area contributed by atoms with Gasteiger partial charge in [0.2, 0.25) is 5.88 Å². The molecule has 0 saturated carbocycles. The highest BCUT2D eigenvalue weighted by atomic mass is 32.1. The number of thiazole rings is 1. The Labute approximate surface area is 247 Å². The van der Waals surface area contributed by atoms with Gasteiger partial charge in [-0.15, -0.1) is 0 Å². The highest BCUT2D eigenvalue weighted by molar-refractivity contribution is 7.22. The molecule has 0 radical (unpaired) electrons. The Bertz CT molecular complexity index is 1720. The lowest BCUT2D eigenvalue weighted by molar-refractivity contribution is -0.137. The second kappa shape index (κ2) is 10.4. The molecule has 43 heavy (non-hydrogen) atoms. The van der Waals surface area contributed by atoms with Crippen molar-refractivity contribution < 1.29 is 31.4 Å². The first kappa shape index (κ1) is 28.4. The summed E-state index contributed by atoms with van der Waals surface area (Å²) in [5.41, 5.74) is 4.38. The molecule has 4 aromatic rings. The van der Waals surface area contributed by atoms with Gasteiger partial charge >= 0.3 is 12.2 Å². The lowest BCUT2D eigenvalue weighted by atomic mass is 9.95. The summed E-state index contributed by atoms with van der Waals surface area (Å²) in [6.07, 6.45) is -3.39. The van der Waals surface area contributed by atoms with E-state index in [0.29, 0.717) is 25.9 Å². The quantitative estimate of drug-likeness (QED) is 0.264. The molecule has 3 aliphatic heterocycles. The summed E-state index contributed by atoms with van der Waals surface area (Å²) in [5.74, 6) is -0.659. The van der Waals surface area contributed by atoms with Gasteiger partial charge in [0.05, 0.1) is 32.2 Å². The van der Waals surface area contributed by atoms with Crippen molar-refractivity contribution >= 4 is 37.6 Å². The summed E-state index contributed by atoms with van der Waals surface area (Å²) in [4.78, 5) is 15.2. The summed E-state index contributed by atoms with van der Waals surface area (Å²) in [7, 11) is 0. The molecule has 8 nitrogen and oxygen atoms in total. The van der Waals surface area contributed by atoms with Crippen LogP contribution in [-0.4, -0.2) is 69.9 Å². The van der Waals surface area contributed by atoms with E-state index in [1.165, 1.54) is 12.1 Å². The largest absolute Gasteiger partial charge is 0.472 e. The maximum absolute atomic E-state index is 14.6. The van der Waals surface area contributed by atoms with E-state index in [0.717, 1.165) is 42.9 Å². The van der Waals surface area contributed by atoms with Crippen molar-refractivity contribution in [3.05, 3.63) is 35.6 Å². The normalized spacial score (nSPS) is 26.0. The van der Waals surface area contributed by atoms with E-state index >= 15 is 0 Å². The third kappa shape index (κ3) is 5.02. The zero-order valence-electron chi connectivity index (χ0n) is 23.2. The second-order valence-corrected chi connectivity index (χ2v) is 12.6. The second-order valence-electron chi connectivity index (χ2n) is 11.6. The third-order valence-corrected chi connectivity index (χ3v) is 9.73. The van der Waals surface area contributed by atoms with Crippen LogP contribution >= 0.6 is 11.3 Å². The average Bonchev–Trinajstić information content (AvgIpc) is 3.70. The summed E-state index contributed by atoms with van der Waals surface area (Å²) in [6, 6.07) is 4.48. The number of aromatic nitrogens is 3. The Morgan fingerprint density at radius 2 is 2.02 bits per heavy atom. The first-order valence-corrected chi connectivity index (χ1v) is 15.0. The van der Waals surface area contributed by atoms with Crippen LogP contribution in [-0.2, 0) is 6.18 Å². The molecular formula is C29H29F5N6O2S. The van der Waals surface area contributed by atoms with Crippen molar-refractivity contribution in [3.63, 3.8) is 0 Å². The van der Waals surface area contributed by atoms with Crippen LogP contribution in [0.4, 0.5) is 27.1 Å². The summed E-state index contributed by atoms with van der Waals surface area (Å²) < 4.78 is 85.1. The van der Waals surface area contributed by atoms with E-state index in [1.54, 1.807) is 0 Å². The van der Waals surface area contributed by atoms with Gasteiger partial charge in [-0.2, -0.15) is 23.1 Å². The van der Waals surface area contributed by atoms with Gasteiger partial charge in [-0.1, -0.05) is 11.3 Å². The lowest BCUT2D eigenvalue weighted by Gasteiger charge is -2.30. The summed E-state index contributed by atoms with van der Waals surface area (Å²) in [6.45, 7) is 3.89. The number of fused-ring (bicyclic) bond motifs is 3. The molecule has 14 heteroatoms. The molecule has 0 bridgehead atoms. The van der Waals surface area contributed by atoms with Gasteiger partial charge in [0.1, 0.15) is 24.7 Å². The summed E-state index contributed by atoms with van der Waals surface area (Å²) in [5, 5.41) is 3.36. The molecule has 4 atom stereocenters. The summed E-state index contributed by atoms with van der Waals surface area (Å²) >= 11 is 0.861. The minimum absolute atomic E-state index is 0.0302. The first-order chi connectivity index (χ1) is 20.5. The van der Waals surface area contributed by atoms with E-state index in [2.05, 4.69) is 25.2 Å². The molecule has 7 rings (SSSR count). The molecule has 3 fully saturated rings. The maximum atomic E-state index is 14.6. The molecule has 5 heterocycles. The Balaban J connectivity index is 1.37. The number of halogens is 5. The molecule has 3 aliphatic rings. The fourth-order valence-corrected chi connectivity index (χ4v) is 7.50. The molecule has 0 amide bonds. The third-order valence-electron chi connectivity index (χ3n) is 8.83. The van der Waals surface area contributed by atoms with Crippen molar-refractivity contribution in [2.45, 2.75) is 62.6 Å². The van der Waals surface area contributed by atoms with Gasteiger partial charge in [-0.05, 0) is 69.1 Å². The first-order valence-electron chi connectivity index (χ1n) is 14.2. The SMILES string of the molecule is C[C@H]1NCC[C@H]1Oc1nc(OC[C@@]23CCCN2C[C@H](F)C3)nc2cc(-c3ccc(F)c4sc(N)nc34)c(C(F)(F)F)cc12. The topological polar surface area (TPSA) is 98.4 Å². The molecular weight excluding hydrogens is 591 g/mol. The maximum Gasteiger partial charge on any atom is 0.417 e. The Morgan fingerprint density at radius 3 is 2.79 bits per heavy atom. The predicted octanol–water partition coefficient (Wildman–Crippen LogP) is 5.73. The molecule has 3 N–H and O–H groups in total. The number of anilines is 1. The lowest BCUT2D eigenvalue weighted by Crippen LogP contribution is -2.43. The van der Waals surface area contributed by atoms with E-state index in [-0.39, 0.29) is 68.0 Å². The van der Waals surface area contributed by atoms with Crippen molar-refractivity contribution in [1.29, 1.82) is 0 Å². The number of nitrogens with zero attached hydrogens (tertiary/aromatic N) is 4.